The third-order valence-electron chi connectivity index (χ3n) is 1.55. The summed E-state index contributed by atoms with van der Waals surface area (Å²) in [6.07, 6.45) is 4.54. The molecule has 1 aliphatic rings. The molecular formula is C9H8BTe. The molecule has 0 amide bonds. The Labute approximate surface area is 79.4 Å². The van der Waals surface area contributed by atoms with Gasteiger partial charge in [-0.2, -0.15) is 0 Å². The van der Waals surface area contributed by atoms with Crippen LogP contribution in [-0.4, -0.2) is 29.3 Å². The van der Waals surface area contributed by atoms with E-state index in [0.717, 1.165) is 0 Å². The van der Waals surface area contributed by atoms with Crippen molar-refractivity contribution < 1.29 is 0 Å². The summed E-state index contributed by atoms with van der Waals surface area (Å²) < 4.78 is 2.96. The van der Waals surface area contributed by atoms with Crippen molar-refractivity contribution >= 4 is 39.0 Å². The zero-order valence-electron chi connectivity index (χ0n) is 6.16. The fourth-order valence-corrected chi connectivity index (χ4v) is 3.49. The molecule has 0 N–H and O–H groups in total. The molecule has 1 aliphatic heterocycles. The van der Waals surface area contributed by atoms with Crippen molar-refractivity contribution in [2.24, 2.45) is 0 Å². The van der Waals surface area contributed by atoms with Crippen molar-refractivity contribution in [3.8, 4) is 0 Å². The minimum Gasteiger partial charge on any atom is 0 e. The van der Waals surface area contributed by atoms with E-state index in [1.807, 2.05) is 0 Å². The molecule has 2 heteroatoms. The van der Waals surface area contributed by atoms with Crippen molar-refractivity contribution in [3.05, 3.63) is 35.9 Å². The smallest absolute Gasteiger partial charge is 0 e. The molecule has 0 unspecified atom stereocenters. The third-order valence-corrected chi connectivity index (χ3v) is 4.53. The van der Waals surface area contributed by atoms with Gasteiger partial charge in [-0.15, -0.1) is 0 Å². The van der Waals surface area contributed by atoms with E-state index in [1.54, 1.807) is 3.61 Å². The van der Waals surface area contributed by atoms with Crippen LogP contribution in [0.3, 0.4) is 0 Å². The Hall–Kier alpha value is -0.185. The van der Waals surface area contributed by atoms with Gasteiger partial charge in [-0.3, -0.25) is 0 Å². The first kappa shape index (κ1) is 8.91. The van der Waals surface area contributed by atoms with Gasteiger partial charge in [-0.25, -0.2) is 0 Å². The maximum absolute atomic E-state index is 2.30. The molecule has 0 spiro atoms. The summed E-state index contributed by atoms with van der Waals surface area (Å²) in [7, 11) is 0. The van der Waals surface area contributed by atoms with Crippen molar-refractivity contribution in [1.82, 2.24) is 0 Å². The van der Waals surface area contributed by atoms with Gasteiger partial charge >= 0.3 is 71.0 Å². The van der Waals surface area contributed by atoms with E-state index in [-0.39, 0.29) is 29.3 Å². The number of allylic oxidation sites excluding steroid dienone is 1. The second-order valence-electron chi connectivity index (χ2n) is 2.25. The molecular weight excluding hydrogens is 247 g/mol. The zero-order chi connectivity index (χ0) is 6.81. The van der Waals surface area contributed by atoms with E-state index in [0.29, 0.717) is 0 Å². The quantitative estimate of drug-likeness (QED) is 0.608. The summed E-state index contributed by atoms with van der Waals surface area (Å²) in [5.74, 6) is 0. The third kappa shape index (κ3) is 1.89. The minimum atomic E-state index is 0. The van der Waals surface area contributed by atoms with Crippen LogP contribution in [0.2, 0.25) is 4.47 Å². The first-order valence-corrected chi connectivity index (χ1v) is 6.16. The molecule has 1 aromatic rings. The zero-order valence-corrected chi connectivity index (χ0v) is 8.49. The van der Waals surface area contributed by atoms with Gasteiger partial charge in [-0.1, -0.05) is 0 Å². The number of benzene rings is 1. The van der Waals surface area contributed by atoms with Crippen LogP contribution in [0.4, 0.5) is 0 Å². The Morgan fingerprint density at radius 1 is 1.18 bits per heavy atom. The van der Waals surface area contributed by atoms with Crippen LogP contribution < -0.4 is 3.61 Å². The summed E-state index contributed by atoms with van der Waals surface area (Å²) in [6, 6.07) is 8.72. The Kier molecular flexibility index (Phi) is 3.24. The number of fused-ring (bicyclic) bond motifs is 1. The molecule has 1 aromatic carbocycles. The van der Waals surface area contributed by atoms with Crippen molar-refractivity contribution in [2.45, 2.75) is 4.47 Å². The molecule has 0 aliphatic carbocycles. The Balaban J connectivity index is 0.000000605. The van der Waals surface area contributed by atoms with Crippen LogP contribution in [0.5, 0.6) is 0 Å². The van der Waals surface area contributed by atoms with Crippen LogP contribution in [0.25, 0.3) is 6.08 Å². The Bertz CT molecular complexity index is 268. The van der Waals surface area contributed by atoms with Gasteiger partial charge in [0, 0.05) is 8.41 Å². The Morgan fingerprint density at radius 2 is 2.00 bits per heavy atom. The van der Waals surface area contributed by atoms with Gasteiger partial charge in [0.05, 0.1) is 0 Å². The molecule has 11 heavy (non-hydrogen) atoms. The molecule has 0 fully saturated rings. The monoisotopic (exact) mass is 257 g/mol. The van der Waals surface area contributed by atoms with Crippen molar-refractivity contribution in [2.75, 3.05) is 0 Å². The number of hydrogen-bond acceptors (Lipinski definition) is 0. The molecule has 0 aromatic heterocycles. The summed E-state index contributed by atoms with van der Waals surface area (Å²) in [5.41, 5.74) is 1.45. The maximum Gasteiger partial charge on any atom is 0 e. The molecule has 0 saturated heterocycles. The standard InChI is InChI=1S/C9H8Te.B/c1-2-6-9-8(4-1)5-3-7-10-9;/h1-6H,7H2;. The van der Waals surface area contributed by atoms with Gasteiger partial charge in [0.1, 0.15) is 0 Å². The number of hydrogen-bond donors (Lipinski definition) is 0. The van der Waals surface area contributed by atoms with Gasteiger partial charge < -0.3 is 0 Å². The summed E-state index contributed by atoms with van der Waals surface area (Å²) in [5, 5.41) is 0. The minimum absolute atomic E-state index is 0. The van der Waals surface area contributed by atoms with Crippen LogP contribution in [-0.2, 0) is 0 Å². The molecule has 0 nitrogen and oxygen atoms in total. The van der Waals surface area contributed by atoms with E-state index in [2.05, 4.69) is 36.4 Å². The topological polar surface area (TPSA) is 0 Å². The molecule has 2 rings (SSSR count). The average molecular weight is 255 g/mol. The SMILES string of the molecule is C1=Cc2ccccc2[Te]C1.[B]. The first-order chi connectivity index (χ1) is 4.97. The van der Waals surface area contributed by atoms with Crippen LogP contribution in [0.15, 0.2) is 30.3 Å². The van der Waals surface area contributed by atoms with Gasteiger partial charge in [0.2, 0.25) is 0 Å². The average Bonchev–Trinajstić information content (AvgIpc) is 2.05. The van der Waals surface area contributed by atoms with E-state index in [1.165, 1.54) is 10.0 Å². The summed E-state index contributed by atoms with van der Waals surface area (Å²) >= 11 is 0.143. The maximum atomic E-state index is 2.30. The predicted molar refractivity (Wildman–Crippen MR) is 51.4 cm³/mol. The van der Waals surface area contributed by atoms with Gasteiger partial charge in [0.15, 0.2) is 0 Å². The predicted octanol–water partition coefficient (Wildman–Crippen LogP) is 1.08. The van der Waals surface area contributed by atoms with E-state index in [9.17, 15) is 0 Å². The van der Waals surface area contributed by atoms with Gasteiger partial charge in [-0.05, 0) is 0 Å². The molecule has 53 valence electrons. The summed E-state index contributed by atoms with van der Waals surface area (Å²) in [6.45, 7) is 0. The molecule has 0 saturated carbocycles. The van der Waals surface area contributed by atoms with E-state index >= 15 is 0 Å². The van der Waals surface area contributed by atoms with E-state index in [4.69, 9.17) is 0 Å². The Morgan fingerprint density at radius 3 is 2.82 bits per heavy atom. The second kappa shape index (κ2) is 4.00. The number of rotatable bonds is 0. The molecule has 0 atom stereocenters. The van der Waals surface area contributed by atoms with Crippen LogP contribution in [0, 0.1) is 0 Å². The first-order valence-electron chi connectivity index (χ1n) is 3.35. The summed E-state index contributed by atoms with van der Waals surface area (Å²) in [4.78, 5) is 0. The fourth-order valence-electron chi connectivity index (χ4n) is 1.06. The largest absolute Gasteiger partial charge is 0 e. The normalized spacial score (nSPS) is 13.5. The fraction of sp³-hybridized carbons (Fsp3) is 0.111. The molecule has 0 bridgehead atoms. The molecule has 1 heterocycles. The van der Waals surface area contributed by atoms with Crippen molar-refractivity contribution in [1.29, 1.82) is 0 Å². The van der Waals surface area contributed by atoms with Crippen LogP contribution in [0.1, 0.15) is 5.56 Å². The van der Waals surface area contributed by atoms with Crippen LogP contribution >= 0.6 is 0 Å². The van der Waals surface area contributed by atoms with Crippen molar-refractivity contribution in [3.63, 3.8) is 0 Å². The molecule has 3 radical (unpaired) electrons. The second-order valence-corrected chi connectivity index (χ2v) is 5.28. The van der Waals surface area contributed by atoms with E-state index < -0.39 is 0 Å². The van der Waals surface area contributed by atoms with Gasteiger partial charge in [0.25, 0.3) is 0 Å².